The molecule has 0 spiro atoms. The maximum atomic E-state index is 13.9. The Morgan fingerprint density at radius 3 is 2.61 bits per heavy atom. The molecule has 0 radical (unpaired) electrons. The van der Waals surface area contributed by atoms with Crippen LogP contribution in [0.5, 0.6) is 0 Å². The number of rotatable bonds is 2. The predicted molar refractivity (Wildman–Crippen MR) is 71.6 cm³/mol. The molecule has 0 N–H and O–H groups in total. The first-order chi connectivity index (χ1) is 8.41. The van der Waals surface area contributed by atoms with Crippen molar-refractivity contribution in [2.75, 3.05) is 18.0 Å². The van der Waals surface area contributed by atoms with E-state index < -0.39 is 0 Å². The van der Waals surface area contributed by atoms with Gasteiger partial charge < -0.3 is 4.90 Å². The summed E-state index contributed by atoms with van der Waals surface area (Å²) < 4.78 is 13.9. The summed E-state index contributed by atoms with van der Waals surface area (Å²) in [5, 5.41) is 0. The Hall–Kier alpha value is -1.38. The second-order valence-electron chi connectivity index (χ2n) is 6.13. The molecular weight excluding hydrogens is 229 g/mol. The Bertz CT molecular complexity index is 450. The van der Waals surface area contributed by atoms with Crippen molar-refractivity contribution in [1.29, 1.82) is 0 Å². The van der Waals surface area contributed by atoms with E-state index in [0.717, 1.165) is 19.5 Å². The highest BCUT2D eigenvalue weighted by Gasteiger charge is 2.32. The lowest BCUT2D eigenvalue weighted by atomic mass is 9.80. The molecule has 1 unspecified atom stereocenters. The quantitative estimate of drug-likeness (QED) is 0.747. The molecule has 2 nitrogen and oxygen atoms in total. The Morgan fingerprint density at radius 1 is 1.39 bits per heavy atom. The fourth-order valence-electron chi connectivity index (χ4n) is 2.54. The summed E-state index contributed by atoms with van der Waals surface area (Å²) in [6.07, 6.45) is 1.77. The average Bonchev–Trinajstić information content (AvgIpc) is 2.77. The first kappa shape index (κ1) is 13.1. The van der Waals surface area contributed by atoms with Crippen molar-refractivity contribution >= 4 is 12.0 Å². The first-order valence-electron chi connectivity index (χ1n) is 6.41. The lowest BCUT2D eigenvalue weighted by Gasteiger charge is -2.27. The molecule has 1 aromatic carbocycles. The van der Waals surface area contributed by atoms with Gasteiger partial charge in [0.2, 0.25) is 0 Å². The van der Waals surface area contributed by atoms with Crippen LogP contribution in [-0.4, -0.2) is 19.4 Å². The molecule has 0 amide bonds. The Labute approximate surface area is 108 Å². The monoisotopic (exact) mass is 249 g/mol. The fourth-order valence-corrected chi connectivity index (χ4v) is 2.54. The van der Waals surface area contributed by atoms with Gasteiger partial charge in [0.1, 0.15) is 12.1 Å². The normalized spacial score (nSPS) is 20.2. The molecule has 2 rings (SSSR count). The van der Waals surface area contributed by atoms with Gasteiger partial charge in [0, 0.05) is 18.7 Å². The third-order valence-electron chi connectivity index (χ3n) is 3.86. The second-order valence-corrected chi connectivity index (χ2v) is 6.13. The SMILES string of the molecule is CC(C)(C)C1CCN(c2ccc(C=O)cc2F)C1. The van der Waals surface area contributed by atoms with E-state index in [1.165, 1.54) is 6.07 Å². The molecule has 0 aromatic heterocycles. The van der Waals surface area contributed by atoms with E-state index in [9.17, 15) is 9.18 Å². The van der Waals surface area contributed by atoms with Crippen molar-refractivity contribution in [3.63, 3.8) is 0 Å². The zero-order valence-corrected chi connectivity index (χ0v) is 11.2. The van der Waals surface area contributed by atoms with E-state index in [0.29, 0.717) is 23.5 Å². The van der Waals surface area contributed by atoms with Gasteiger partial charge in [-0.2, -0.15) is 0 Å². The number of benzene rings is 1. The zero-order chi connectivity index (χ0) is 13.3. The smallest absolute Gasteiger partial charge is 0.150 e. The maximum absolute atomic E-state index is 13.9. The van der Waals surface area contributed by atoms with Gasteiger partial charge in [0.25, 0.3) is 0 Å². The molecular formula is C15H20FNO. The van der Waals surface area contributed by atoms with Crippen molar-refractivity contribution in [2.24, 2.45) is 11.3 Å². The number of hydrogen-bond acceptors (Lipinski definition) is 2. The number of aldehydes is 1. The molecule has 0 saturated carbocycles. The highest BCUT2D eigenvalue weighted by molar-refractivity contribution is 5.76. The third-order valence-corrected chi connectivity index (χ3v) is 3.86. The van der Waals surface area contributed by atoms with Crippen LogP contribution >= 0.6 is 0 Å². The highest BCUT2D eigenvalue weighted by Crippen LogP contribution is 2.36. The van der Waals surface area contributed by atoms with Crippen molar-refractivity contribution in [3.8, 4) is 0 Å². The number of anilines is 1. The molecule has 18 heavy (non-hydrogen) atoms. The van der Waals surface area contributed by atoms with Gasteiger partial charge in [0.05, 0.1) is 5.69 Å². The van der Waals surface area contributed by atoms with E-state index in [2.05, 4.69) is 25.7 Å². The van der Waals surface area contributed by atoms with Gasteiger partial charge >= 0.3 is 0 Å². The summed E-state index contributed by atoms with van der Waals surface area (Å²) >= 11 is 0. The highest BCUT2D eigenvalue weighted by atomic mass is 19.1. The van der Waals surface area contributed by atoms with Crippen LogP contribution in [0.3, 0.4) is 0 Å². The Morgan fingerprint density at radius 2 is 2.11 bits per heavy atom. The van der Waals surface area contributed by atoms with Crippen molar-refractivity contribution in [1.82, 2.24) is 0 Å². The van der Waals surface area contributed by atoms with Crippen molar-refractivity contribution in [2.45, 2.75) is 27.2 Å². The van der Waals surface area contributed by atoms with Crippen molar-refractivity contribution in [3.05, 3.63) is 29.6 Å². The van der Waals surface area contributed by atoms with E-state index >= 15 is 0 Å². The van der Waals surface area contributed by atoms with Gasteiger partial charge in [0.15, 0.2) is 0 Å². The molecule has 1 fully saturated rings. The van der Waals surface area contributed by atoms with E-state index in [-0.39, 0.29) is 11.2 Å². The van der Waals surface area contributed by atoms with Gasteiger partial charge in [-0.25, -0.2) is 4.39 Å². The number of carbonyl (C=O) groups is 1. The molecule has 3 heteroatoms. The molecule has 0 aliphatic carbocycles. The Kier molecular flexibility index (Phi) is 3.42. The van der Waals surface area contributed by atoms with Gasteiger partial charge in [-0.15, -0.1) is 0 Å². The van der Waals surface area contributed by atoms with Crippen LogP contribution in [0.4, 0.5) is 10.1 Å². The number of hydrogen-bond donors (Lipinski definition) is 0. The summed E-state index contributed by atoms with van der Waals surface area (Å²) in [7, 11) is 0. The molecule has 1 aliphatic heterocycles. The molecule has 1 saturated heterocycles. The van der Waals surface area contributed by atoms with Crippen LogP contribution in [0, 0.1) is 17.2 Å². The zero-order valence-electron chi connectivity index (χ0n) is 11.2. The average molecular weight is 249 g/mol. The molecule has 98 valence electrons. The second kappa shape index (κ2) is 4.71. The fraction of sp³-hybridized carbons (Fsp3) is 0.533. The van der Waals surface area contributed by atoms with Gasteiger partial charge in [-0.1, -0.05) is 20.8 Å². The number of nitrogens with zero attached hydrogens (tertiary/aromatic N) is 1. The molecule has 0 bridgehead atoms. The molecule has 1 aromatic rings. The van der Waals surface area contributed by atoms with Gasteiger partial charge in [-0.05, 0) is 36.0 Å². The largest absolute Gasteiger partial charge is 0.369 e. The summed E-state index contributed by atoms with van der Waals surface area (Å²) in [5.74, 6) is 0.289. The van der Waals surface area contributed by atoms with E-state index in [1.807, 2.05) is 0 Å². The topological polar surface area (TPSA) is 20.3 Å². The van der Waals surface area contributed by atoms with Crippen LogP contribution in [0.1, 0.15) is 37.6 Å². The third kappa shape index (κ3) is 2.55. The lowest BCUT2D eigenvalue weighted by molar-refractivity contribution is 0.112. The predicted octanol–water partition coefficient (Wildman–Crippen LogP) is 3.51. The summed E-state index contributed by atoms with van der Waals surface area (Å²) in [6, 6.07) is 4.70. The van der Waals surface area contributed by atoms with Gasteiger partial charge in [-0.3, -0.25) is 4.79 Å². The summed E-state index contributed by atoms with van der Waals surface area (Å²) in [4.78, 5) is 12.7. The number of carbonyl (C=O) groups excluding carboxylic acids is 1. The van der Waals surface area contributed by atoms with Crippen LogP contribution in [0.25, 0.3) is 0 Å². The summed E-state index contributed by atoms with van der Waals surface area (Å²) in [6.45, 7) is 8.47. The molecule has 1 heterocycles. The lowest BCUT2D eigenvalue weighted by Crippen LogP contribution is -2.26. The Balaban J connectivity index is 2.17. The minimum absolute atomic E-state index is 0.258. The summed E-state index contributed by atoms with van der Waals surface area (Å²) in [5.41, 5.74) is 1.27. The molecule has 1 aliphatic rings. The van der Waals surface area contributed by atoms with Crippen LogP contribution in [0.15, 0.2) is 18.2 Å². The van der Waals surface area contributed by atoms with Crippen LogP contribution < -0.4 is 4.90 Å². The minimum atomic E-state index is -0.297. The maximum Gasteiger partial charge on any atom is 0.150 e. The molecule has 1 atom stereocenters. The van der Waals surface area contributed by atoms with Crippen LogP contribution in [0.2, 0.25) is 0 Å². The van der Waals surface area contributed by atoms with Crippen molar-refractivity contribution < 1.29 is 9.18 Å². The standard InChI is InChI=1S/C15H20FNO/c1-15(2,3)12-6-7-17(9-12)14-5-4-11(10-18)8-13(14)16/h4-5,8,10,12H,6-7,9H2,1-3H3. The van der Waals surface area contributed by atoms with Crippen LogP contribution in [-0.2, 0) is 0 Å². The van der Waals surface area contributed by atoms with E-state index in [4.69, 9.17) is 0 Å². The van der Waals surface area contributed by atoms with E-state index in [1.54, 1.807) is 12.1 Å². The minimum Gasteiger partial charge on any atom is -0.369 e. The number of halogens is 1. The first-order valence-corrected chi connectivity index (χ1v) is 6.41.